The number of carbonyl (C=O) groups excluding carboxylic acids is 1. The summed E-state index contributed by atoms with van der Waals surface area (Å²) in [6, 6.07) is 4.99. The van der Waals surface area contributed by atoms with Gasteiger partial charge in [-0.2, -0.15) is 4.99 Å². The summed E-state index contributed by atoms with van der Waals surface area (Å²) in [6.07, 6.45) is 1.30. The van der Waals surface area contributed by atoms with Gasteiger partial charge in [0.05, 0.1) is 33.3 Å². The van der Waals surface area contributed by atoms with E-state index in [4.69, 9.17) is 36.8 Å². The number of hydrogen-bond donors (Lipinski definition) is 0. The molecule has 3 heterocycles. The normalized spacial score (nSPS) is 13.3. The van der Waals surface area contributed by atoms with Crippen molar-refractivity contribution in [2.75, 3.05) is 0 Å². The summed E-state index contributed by atoms with van der Waals surface area (Å²) >= 11 is 13.5. The minimum absolute atomic E-state index is 0.0802. The van der Waals surface area contributed by atoms with Gasteiger partial charge in [0, 0.05) is 25.0 Å². The van der Waals surface area contributed by atoms with Gasteiger partial charge in [-0.05, 0) is 53.7 Å². The van der Waals surface area contributed by atoms with E-state index >= 15 is 0 Å². The second-order valence-electron chi connectivity index (χ2n) is 11.8. The molecule has 0 saturated carbocycles. The second kappa shape index (κ2) is 12.5. The maximum absolute atomic E-state index is 13.8. The van der Waals surface area contributed by atoms with Crippen LogP contribution in [0.25, 0.3) is 22.4 Å². The van der Waals surface area contributed by atoms with Crippen LogP contribution in [0.1, 0.15) is 41.5 Å². The number of thiazole rings is 1. The van der Waals surface area contributed by atoms with Crippen LogP contribution >= 0.6 is 42.4 Å². The van der Waals surface area contributed by atoms with E-state index in [9.17, 15) is 18.9 Å². The van der Waals surface area contributed by atoms with Crippen molar-refractivity contribution in [1.82, 2.24) is 23.3 Å². The van der Waals surface area contributed by atoms with E-state index in [0.717, 1.165) is 15.9 Å². The molecule has 0 aliphatic rings. The highest BCUT2D eigenvalue weighted by atomic mass is 35.5. The topological polar surface area (TPSA) is 141 Å². The molecule has 0 radical (unpaired) electrons. The van der Waals surface area contributed by atoms with Gasteiger partial charge in [-0.3, -0.25) is 36.9 Å². The molecule has 17 heteroatoms. The van der Waals surface area contributed by atoms with Crippen molar-refractivity contribution < 1.29 is 22.9 Å². The molecule has 238 valence electrons. The fraction of sp³-hybridized carbons (Fsp3) is 0.444. The third-order valence-corrected chi connectivity index (χ3v) is 9.45. The lowest BCUT2D eigenvalue weighted by atomic mass is 10.2. The third kappa shape index (κ3) is 7.68. The van der Waals surface area contributed by atoms with Crippen LogP contribution in [0.15, 0.2) is 44.5 Å². The molecule has 4 aromatic rings. The van der Waals surface area contributed by atoms with Crippen LogP contribution in [-0.4, -0.2) is 40.4 Å². The fourth-order valence-corrected chi connectivity index (χ4v) is 7.06. The van der Waals surface area contributed by atoms with Crippen molar-refractivity contribution in [2.45, 2.75) is 66.0 Å². The van der Waals surface area contributed by atoms with Crippen molar-refractivity contribution in [3.8, 4) is 11.3 Å². The van der Waals surface area contributed by atoms with E-state index in [1.54, 1.807) is 65.1 Å². The number of phosphoric acid groups is 1. The SMILES string of the molecule is Cn1c(=O)c2c(ncn2CC(=O)N=c2scc(-c3ccc(Cl)c(Cl)c3)n2COP(=O)(OC(C)(C)C)OC(C)(C)C)n(C)c1=O. The van der Waals surface area contributed by atoms with E-state index in [0.29, 0.717) is 21.3 Å². The number of benzene rings is 1. The van der Waals surface area contributed by atoms with Crippen molar-refractivity contribution in [2.24, 2.45) is 19.1 Å². The first-order valence-corrected chi connectivity index (χ1v) is 16.4. The van der Waals surface area contributed by atoms with Gasteiger partial charge in [-0.15, -0.1) is 11.3 Å². The summed E-state index contributed by atoms with van der Waals surface area (Å²) in [5.41, 5.74) is -1.49. The lowest BCUT2D eigenvalue weighted by Crippen LogP contribution is -2.37. The lowest BCUT2D eigenvalue weighted by Gasteiger charge is -2.31. The Labute approximate surface area is 266 Å². The smallest absolute Gasteiger partial charge is 0.315 e. The molecule has 0 unspecified atom stereocenters. The predicted molar refractivity (Wildman–Crippen MR) is 169 cm³/mol. The van der Waals surface area contributed by atoms with Crippen LogP contribution in [0.5, 0.6) is 0 Å². The molecule has 0 aliphatic heterocycles. The van der Waals surface area contributed by atoms with Crippen LogP contribution < -0.4 is 16.1 Å². The summed E-state index contributed by atoms with van der Waals surface area (Å²) in [5.74, 6) is -0.628. The third-order valence-electron chi connectivity index (χ3n) is 5.87. The molecule has 1 amide bonds. The Kier molecular flexibility index (Phi) is 9.68. The zero-order chi connectivity index (χ0) is 32.8. The largest absolute Gasteiger partial charge is 0.477 e. The zero-order valence-electron chi connectivity index (χ0n) is 25.5. The molecule has 0 bridgehead atoms. The number of fused-ring (bicyclic) bond motifs is 1. The van der Waals surface area contributed by atoms with Crippen molar-refractivity contribution >= 4 is 59.4 Å². The summed E-state index contributed by atoms with van der Waals surface area (Å²) < 4.78 is 36.2. The van der Waals surface area contributed by atoms with Crippen LogP contribution in [0.2, 0.25) is 10.0 Å². The van der Waals surface area contributed by atoms with Gasteiger partial charge in [0.15, 0.2) is 16.0 Å². The molecular formula is C27H33Cl2N6O7PS. The number of aryl methyl sites for hydroxylation is 1. The summed E-state index contributed by atoms with van der Waals surface area (Å²) in [7, 11) is -1.32. The Hall–Kier alpha value is -2.84. The highest BCUT2D eigenvalue weighted by Crippen LogP contribution is 2.55. The molecule has 0 fully saturated rings. The molecule has 1 aromatic carbocycles. The van der Waals surface area contributed by atoms with E-state index < -0.39 is 36.2 Å². The first-order valence-electron chi connectivity index (χ1n) is 13.3. The molecule has 13 nitrogen and oxygen atoms in total. The first-order chi connectivity index (χ1) is 20.3. The maximum Gasteiger partial charge on any atom is 0.477 e. The lowest BCUT2D eigenvalue weighted by molar-refractivity contribution is -0.118. The van der Waals surface area contributed by atoms with Crippen molar-refractivity contribution in [3.05, 3.63) is 65.6 Å². The number of hydrogen-bond acceptors (Lipinski definition) is 9. The Balaban J connectivity index is 1.77. The van der Waals surface area contributed by atoms with E-state index in [1.807, 2.05) is 0 Å². The average molecular weight is 688 g/mol. The minimum atomic E-state index is -4.15. The van der Waals surface area contributed by atoms with Gasteiger partial charge < -0.3 is 4.57 Å². The summed E-state index contributed by atoms with van der Waals surface area (Å²) in [4.78, 5) is 47.0. The molecule has 0 aliphatic carbocycles. The number of aromatic nitrogens is 5. The molecular weight excluding hydrogens is 654 g/mol. The number of rotatable bonds is 8. The highest BCUT2D eigenvalue weighted by Gasteiger charge is 2.37. The molecule has 0 N–H and O–H groups in total. The Bertz CT molecular complexity index is 1960. The summed E-state index contributed by atoms with van der Waals surface area (Å²) in [6.45, 7) is 9.61. The standard InChI is InChI=1S/C27H33Cl2N6O7PS/c1-26(2,3)41-43(39,42-27(4,5)6)40-15-35-19(16-9-10-17(28)18(29)11-16)13-44-24(35)31-20(36)12-34-14-30-22-21(34)23(37)33(8)25(38)32(22)7/h9-11,13-14H,12,15H2,1-8H3. The number of amides is 1. The predicted octanol–water partition coefficient (Wildman–Crippen LogP) is 5.11. The number of imidazole rings is 1. The van der Waals surface area contributed by atoms with Crippen LogP contribution in [-0.2, 0) is 50.3 Å². The first kappa shape index (κ1) is 34.0. The molecule has 0 atom stereocenters. The highest BCUT2D eigenvalue weighted by molar-refractivity contribution is 7.48. The zero-order valence-corrected chi connectivity index (χ0v) is 28.7. The van der Waals surface area contributed by atoms with Gasteiger partial charge in [-0.25, -0.2) is 14.3 Å². The molecule has 44 heavy (non-hydrogen) atoms. The molecule has 0 saturated heterocycles. The number of halogens is 2. The van der Waals surface area contributed by atoms with Gasteiger partial charge in [0.2, 0.25) is 0 Å². The maximum atomic E-state index is 13.8. The number of nitrogens with zero attached hydrogens (tertiary/aromatic N) is 6. The quantitative estimate of drug-likeness (QED) is 0.233. The Morgan fingerprint density at radius 1 is 1.02 bits per heavy atom. The summed E-state index contributed by atoms with van der Waals surface area (Å²) in [5, 5.41) is 2.39. The van der Waals surface area contributed by atoms with Crippen LogP contribution in [0.4, 0.5) is 0 Å². The van der Waals surface area contributed by atoms with Gasteiger partial charge >= 0.3 is 13.5 Å². The Morgan fingerprint density at radius 3 is 2.25 bits per heavy atom. The van der Waals surface area contributed by atoms with Crippen LogP contribution in [0.3, 0.4) is 0 Å². The van der Waals surface area contributed by atoms with Gasteiger partial charge in [0.25, 0.3) is 11.5 Å². The molecule has 0 spiro atoms. The fourth-order valence-electron chi connectivity index (χ4n) is 4.10. The second-order valence-corrected chi connectivity index (χ2v) is 15.0. The van der Waals surface area contributed by atoms with E-state index in [-0.39, 0.29) is 29.2 Å². The number of carbonyl (C=O) groups is 1. The molecule has 3 aromatic heterocycles. The monoisotopic (exact) mass is 686 g/mol. The minimum Gasteiger partial charge on any atom is -0.315 e. The number of phosphoric ester groups is 1. The van der Waals surface area contributed by atoms with E-state index in [2.05, 4.69) is 9.98 Å². The van der Waals surface area contributed by atoms with E-state index in [1.165, 1.54) is 34.1 Å². The van der Waals surface area contributed by atoms with Crippen molar-refractivity contribution in [1.29, 1.82) is 0 Å². The van der Waals surface area contributed by atoms with Crippen molar-refractivity contribution in [3.63, 3.8) is 0 Å². The Morgan fingerprint density at radius 2 is 1.66 bits per heavy atom. The molecule has 4 rings (SSSR count). The average Bonchev–Trinajstić information content (AvgIpc) is 3.48. The van der Waals surface area contributed by atoms with Gasteiger partial charge in [0.1, 0.15) is 13.3 Å². The van der Waals surface area contributed by atoms with Crippen LogP contribution in [0, 0.1) is 0 Å². The van der Waals surface area contributed by atoms with Gasteiger partial charge in [-0.1, -0.05) is 29.3 Å².